The van der Waals surface area contributed by atoms with Gasteiger partial charge in [0, 0.05) is 35.2 Å². The average Bonchev–Trinajstić information content (AvgIpc) is 3.80. The second-order valence-electron chi connectivity index (χ2n) is 9.16. The van der Waals surface area contributed by atoms with Crippen molar-refractivity contribution in [1.29, 1.82) is 0 Å². The maximum absolute atomic E-state index is 13.4. The van der Waals surface area contributed by atoms with Crippen molar-refractivity contribution in [3.63, 3.8) is 0 Å². The molecule has 2 saturated carbocycles. The Morgan fingerprint density at radius 2 is 1.71 bits per heavy atom. The summed E-state index contributed by atoms with van der Waals surface area (Å²) in [6.07, 6.45) is 5.91. The van der Waals surface area contributed by atoms with E-state index in [1.165, 1.54) is 0 Å². The Morgan fingerprint density at radius 3 is 2.37 bits per heavy atom. The van der Waals surface area contributed by atoms with Gasteiger partial charge in [0.1, 0.15) is 0 Å². The molecule has 4 aromatic rings. The molecule has 2 fully saturated rings. The second-order valence-corrected chi connectivity index (χ2v) is 9.16. The van der Waals surface area contributed by atoms with E-state index in [1.54, 1.807) is 35.1 Å². The number of hydrogen-bond acceptors (Lipinski definition) is 5. The summed E-state index contributed by atoms with van der Waals surface area (Å²) < 4.78 is 1.71. The molecule has 0 unspecified atom stereocenters. The van der Waals surface area contributed by atoms with Crippen molar-refractivity contribution in [2.75, 3.05) is 10.6 Å². The van der Waals surface area contributed by atoms with Gasteiger partial charge in [-0.25, -0.2) is 14.8 Å². The fraction of sp³-hybridized carbons (Fsp3) is 0.269. The van der Waals surface area contributed by atoms with E-state index in [2.05, 4.69) is 26.0 Å². The minimum atomic E-state index is -0.227. The molecule has 3 N–H and O–H groups in total. The number of carbonyl (C=O) groups excluding carboxylic acids is 2. The van der Waals surface area contributed by atoms with E-state index >= 15 is 0 Å². The second kappa shape index (κ2) is 8.50. The van der Waals surface area contributed by atoms with Crippen molar-refractivity contribution in [1.82, 2.24) is 25.1 Å². The van der Waals surface area contributed by atoms with Crippen LogP contribution < -0.4 is 16.0 Å². The van der Waals surface area contributed by atoms with E-state index < -0.39 is 0 Å². The van der Waals surface area contributed by atoms with Gasteiger partial charge in [-0.15, -0.1) is 0 Å². The highest BCUT2D eigenvalue weighted by atomic mass is 16.2. The lowest BCUT2D eigenvalue weighted by molar-refractivity contribution is 0.102. The van der Waals surface area contributed by atoms with Gasteiger partial charge in [0.2, 0.25) is 0 Å². The van der Waals surface area contributed by atoms with Gasteiger partial charge in [0.15, 0.2) is 11.5 Å². The molecule has 9 heteroatoms. The molecule has 9 nitrogen and oxygen atoms in total. The molecular weight excluding hydrogens is 442 g/mol. The van der Waals surface area contributed by atoms with Crippen LogP contribution in [0.1, 0.15) is 53.3 Å². The molecule has 3 aromatic heterocycles. The van der Waals surface area contributed by atoms with E-state index in [4.69, 9.17) is 4.98 Å². The van der Waals surface area contributed by atoms with E-state index in [0.717, 1.165) is 31.4 Å². The van der Waals surface area contributed by atoms with Gasteiger partial charge in [-0.3, -0.25) is 4.79 Å². The first-order chi connectivity index (χ1) is 17.0. The van der Waals surface area contributed by atoms with Crippen molar-refractivity contribution in [2.24, 2.45) is 0 Å². The molecule has 3 amide bonds. The summed E-state index contributed by atoms with van der Waals surface area (Å²) in [5, 5.41) is 14.1. The zero-order valence-electron chi connectivity index (χ0n) is 19.3. The third kappa shape index (κ3) is 4.44. The molecule has 1 aromatic carbocycles. The maximum Gasteiger partial charge on any atom is 0.319 e. The standard InChI is InChI=1S/C26H25N7O2/c1-15-23-20(25(34)28-17-7-9-18(10-8-17)29-26(35)30-19-11-12-19)14-21(16-5-6-16)31-24(23)33(32-15)22-4-2-3-13-27-22/h2-4,7-10,13-14,16,19H,5-6,11-12H2,1H3,(H,28,34)(H2,29,30,35). The lowest BCUT2D eigenvalue weighted by Gasteiger charge is -2.11. The highest BCUT2D eigenvalue weighted by molar-refractivity contribution is 6.13. The van der Waals surface area contributed by atoms with Crippen molar-refractivity contribution >= 4 is 34.3 Å². The first-order valence-corrected chi connectivity index (χ1v) is 11.9. The number of nitrogens with one attached hydrogen (secondary N) is 3. The molecule has 0 saturated heterocycles. The monoisotopic (exact) mass is 467 g/mol. The lowest BCUT2D eigenvalue weighted by atomic mass is 10.1. The van der Waals surface area contributed by atoms with Gasteiger partial charge in [-0.05, 0) is 75.1 Å². The van der Waals surface area contributed by atoms with Crippen molar-refractivity contribution in [3.05, 3.63) is 71.7 Å². The minimum absolute atomic E-state index is 0.212. The largest absolute Gasteiger partial charge is 0.335 e. The summed E-state index contributed by atoms with van der Waals surface area (Å²) in [4.78, 5) is 34.7. The summed E-state index contributed by atoms with van der Waals surface area (Å²) in [7, 11) is 0. The predicted octanol–water partition coefficient (Wildman–Crippen LogP) is 4.54. The molecular formula is C26H25N7O2. The van der Waals surface area contributed by atoms with Crippen LogP contribution in [0.25, 0.3) is 16.9 Å². The quantitative estimate of drug-likeness (QED) is 0.385. The molecule has 3 heterocycles. The third-order valence-corrected chi connectivity index (χ3v) is 6.25. The van der Waals surface area contributed by atoms with Crippen LogP contribution in [0.2, 0.25) is 0 Å². The maximum atomic E-state index is 13.4. The average molecular weight is 468 g/mol. The summed E-state index contributed by atoms with van der Waals surface area (Å²) in [6.45, 7) is 1.88. The summed E-state index contributed by atoms with van der Waals surface area (Å²) in [5.41, 5.74) is 4.10. The van der Waals surface area contributed by atoms with Crippen molar-refractivity contribution in [3.8, 4) is 5.82 Å². The summed E-state index contributed by atoms with van der Waals surface area (Å²) >= 11 is 0. The number of carbonyl (C=O) groups is 2. The Kier molecular flexibility index (Phi) is 5.17. The highest BCUT2D eigenvalue weighted by Gasteiger charge is 2.29. The minimum Gasteiger partial charge on any atom is -0.335 e. The van der Waals surface area contributed by atoms with E-state index in [1.807, 2.05) is 31.2 Å². The number of fused-ring (bicyclic) bond motifs is 1. The molecule has 6 rings (SSSR count). The number of nitrogens with zero attached hydrogens (tertiary/aromatic N) is 4. The Labute approximate surface area is 202 Å². The Hall–Kier alpha value is -4.27. The number of rotatable bonds is 6. The van der Waals surface area contributed by atoms with E-state index in [-0.39, 0.29) is 18.0 Å². The van der Waals surface area contributed by atoms with Crippen LogP contribution in [0.3, 0.4) is 0 Å². The molecule has 0 bridgehead atoms. The number of aromatic nitrogens is 4. The number of urea groups is 1. The number of hydrogen-bond donors (Lipinski definition) is 3. The Bertz CT molecular complexity index is 1420. The highest BCUT2D eigenvalue weighted by Crippen LogP contribution is 2.40. The molecule has 2 aliphatic rings. The van der Waals surface area contributed by atoms with Gasteiger partial charge in [-0.2, -0.15) is 9.78 Å². The lowest BCUT2D eigenvalue weighted by Crippen LogP contribution is -2.30. The van der Waals surface area contributed by atoms with E-state index in [0.29, 0.717) is 45.4 Å². The van der Waals surface area contributed by atoms with Gasteiger partial charge in [-0.1, -0.05) is 6.07 Å². The van der Waals surface area contributed by atoms with E-state index in [9.17, 15) is 9.59 Å². The number of pyridine rings is 2. The summed E-state index contributed by atoms with van der Waals surface area (Å²) in [5.74, 6) is 0.798. The number of aryl methyl sites for hydroxylation is 1. The van der Waals surface area contributed by atoms with Crippen LogP contribution in [-0.4, -0.2) is 37.7 Å². The Balaban J connectivity index is 1.29. The van der Waals surface area contributed by atoms with Crippen LogP contribution in [0, 0.1) is 6.92 Å². The Morgan fingerprint density at radius 1 is 0.971 bits per heavy atom. The molecule has 35 heavy (non-hydrogen) atoms. The number of benzene rings is 1. The fourth-order valence-electron chi connectivity index (χ4n) is 4.13. The van der Waals surface area contributed by atoms with Crippen LogP contribution in [0.5, 0.6) is 0 Å². The predicted molar refractivity (Wildman–Crippen MR) is 133 cm³/mol. The molecule has 0 aliphatic heterocycles. The van der Waals surface area contributed by atoms with Gasteiger partial charge < -0.3 is 16.0 Å². The molecule has 0 spiro atoms. The topological polar surface area (TPSA) is 114 Å². The number of amides is 3. The van der Waals surface area contributed by atoms with Crippen LogP contribution in [0.15, 0.2) is 54.7 Å². The van der Waals surface area contributed by atoms with Gasteiger partial charge in [0.25, 0.3) is 5.91 Å². The third-order valence-electron chi connectivity index (χ3n) is 6.25. The van der Waals surface area contributed by atoms with Crippen LogP contribution in [0.4, 0.5) is 16.2 Å². The molecule has 0 radical (unpaired) electrons. The normalized spacial score (nSPS) is 15.1. The van der Waals surface area contributed by atoms with Crippen molar-refractivity contribution in [2.45, 2.75) is 44.6 Å². The molecule has 176 valence electrons. The van der Waals surface area contributed by atoms with Gasteiger partial charge in [0.05, 0.1) is 16.6 Å². The number of anilines is 2. The zero-order chi connectivity index (χ0) is 23.9. The van der Waals surface area contributed by atoms with Gasteiger partial charge >= 0.3 is 6.03 Å². The summed E-state index contributed by atoms with van der Waals surface area (Å²) in [6, 6.07) is 14.7. The molecule has 0 atom stereocenters. The smallest absolute Gasteiger partial charge is 0.319 e. The zero-order valence-corrected chi connectivity index (χ0v) is 19.3. The van der Waals surface area contributed by atoms with Crippen molar-refractivity contribution < 1.29 is 9.59 Å². The first kappa shape index (κ1) is 21.3. The fourth-order valence-corrected chi connectivity index (χ4v) is 4.13. The van der Waals surface area contributed by atoms with Crippen LogP contribution in [-0.2, 0) is 0 Å². The van der Waals surface area contributed by atoms with Crippen LogP contribution >= 0.6 is 0 Å². The SMILES string of the molecule is Cc1nn(-c2ccccn2)c2nc(C3CC3)cc(C(=O)Nc3ccc(NC(=O)NC4CC4)cc3)c12. The molecule has 2 aliphatic carbocycles. The first-order valence-electron chi connectivity index (χ1n) is 11.9.